The molecule has 0 radical (unpaired) electrons. The molecule has 0 aromatic heterocycles. The monoisotopic (exact) mass is 161 g/mol. The second-order valence-electron chi connectivity index (χ2n) is 1.80. The molecule has 0 spiro atoms. The van der Waals surface area contributed by atoms with E-state index in [-0.39, 0.29) is 5.71 Å². The van der Waals surface area contributed by atoms with Crippen LogP contribution in [0.25, 0.3) is 0 Å². The number of rotatable bonds is 0. The zero-order valence-electron chi connectivity index (χ0n) is 4.96. The van der Waals surface area contributed by atoms with Crippen LogP contribution in [0, 0.1) is 0 Å². The van der Waals surface area contributed by atoms with Gasteiger partial charge in [-0.2, -0.15) is 0 Å². The second-order valence-corrected chi connectivity index (χ2v) is 2.23. The van der Waals surface area contributed by atoms with Gasteiger partial charge in [0, 0.05) is 0 Å². The minimum atomic E-state index is -0.935. The molecule has 0 saturated carbocycles. The molecule has 0 amide bonds. The first-order chi connectivity index (χ1) is 4.75. The van der Waals surface area contributed by atoms with Gasteiger partial charge in [0.1, 0.15) is 16.9 Å². The van der Waals surface area contributed by atoms with Crippen LogP contribution in [0.4, 0.5) is 4.39 Å². The van der Waals surface area contributed by atoms with E-state index in [1.165, 1.54) is 18.2 Å². The zero-order valence-corrected chi connectivity index (χ0v) is 5.72. The third-order valence-electron chi connectivity index (χ3n) is 1.14. The molecule has 1 aliphatic rings. The predicted molar refractivity (Wildman–Crippen MR) is 37.2 cm³/mol. The number of hydrogen-bond acceptors (Lipinski definition) is 2. The predicted octanol–water partition coefficient (Wildman–Crippen LogP) is 1.85. The summed E-state index contributed by atoms with van der Waals surface area (Å²) in [5.74, 6) is -0.503. The summed E-state index contributed by atoms with van der Waals surface area (Å²) < 4.78 is 12.5. The highest BCUT2D eigenvalue weighted by molar-refractivity contribution is 6.36. The number of nitrogens with zero attached hydrogens (tertiary/aromatic N) is 1. The Kier molecular flexibility index (Phi) is 2.06. The Balaban J connectivity index is 2.89. The highest BCUT2D eigenvalue weighted by Crippen LogP contribution is 2.17. The molecule has 0 bridgehead atoms. The molecule has 0 heterocycles. The first-order valence-electron chi connectivity index (χ1n) is 2.65. The van der Waals surface area contributed by atoms with Crippen molar-refractivity contribution in [3.05, 3.63) is 24.1 Å². The van der Waals surface area contributed by atoms with Crippen LogP contribution in [0.1, 0.15) is 0 Å². The average Bonchev–Trinajstić information content (AvgIpc) is 1.95. The van der Waals surface area contributed by atoms with E-state index in [2.05, 4.69) is 5.16 Å². The molecular weight excluding hydrogens is 157 g/mol. The third-order valence-corrected chi connectivity index (χ3v) is 1.57. The molecule has 4 heteroatoms. The van der Waals surface area contributed by atoms with Gasteiger partial charge in [0.25, 0.3) is 0 Å². The maximum atomic E-state index is 12.5. The lowest BCUT2D eigenvalue weighted by Crippen LogP contribution is -2.15. The van der Waals surface area contributed by atoms with Crippen molar-refractivity contribution in [3.8, 4) is 0 Å². The maximum absolute atomic E-state index is 12.5. The van der Waals surface area contributed by atoms with Crippen LogP contribution in [0.15, 0.2) is 29.2 Å². The van der Waals surface area contributed by atoms with Gasteiger partial charge in [-0.25, -0.2) is 4.39 Å². The average molecular weight is 162 g/mol. The summed E-state index contributed by atoms with van der Waals surface area (Å²) in [4.78, 5) is 0. The molecule has 0 fully saturated rings. The van der Waals surface area contributed by atoms with Crippen molar-refractivity contribution in [1.29, 1.82) is 0 Å². The summed E-state index contributed by atoms with van der Waals surface area (Å²) in [6, 6.07) is 0. The van der Waals surface area contributed by atoms with E-state index in [4.69, 9.17) is 16.8 Å². The Morgan fingerprint density at radius 3 is 2.90 bits per heavy atom. The molecule has 0 aliphatic heterocycles. The molecule has 1 unspecified atom stereocenters. The van der Waals surface area contributed by atoms with Crippen LogP contribution in [-0.4, -0.2) is 16.3 Å². The largest absolute Gasteiger partial charge is 0.411 e. The highest BCUT2D eigenvalue weighted by Gasteiger charge is 2.18. The summed E-state index contributed by atoms with van der Waals surface area (Å²) in [6.45, 7) is 0. The van der Waals surface area contributed by atoms with Crippen molar-refractivity contribution in [2.24, 2.45) is 5.16 Å². The molecule has 1 N–H and O–H groups in total. The van der Waals surface area contributed by atoms with Crippen molar-refractivity contribution >= 4 is 17.3 Å². The Morgan fingerprint density at radius 1 is 1.70 bits per heavy atom. The van der Waals surface area contributed by atoms with Crippen molar-refractivity contribution < 1.29 is 9.60 Å². The maximum Gasteiger partial charge on any atom is 0.130 e. The minimum Gasteiger partial charge on any atom is -0.411 e. The van der Waals surface area contributed by atoms with Crippen molar-refractivity contribution in [2.75, 3.05) is 0 Å². The van der Waals surface area contributed by atoms with Crippen LogP contribution in [0.5, 0.6) is 0 Å². The standard InChI is InChI=1S/C6H5ClFNO/c7-6-4(8)2-1-3-5(6)9-10/h1-3,6,10H. The van der Waals surface area contributed by atoms with E-state index in [9.17, 15) is 4.39 Å². The van der Waals surface area contributed by atoms with Crippen molar-refractivity contribution in [2.45, 2.75) is 5.38 Å². The van der Waals surface area contributed by atoms with Gasteiger partial charge in [-0.1, -0.05) is 11.2 Å². The molecule has 0 aromatic rings. The van der Waals surface area contributed by atoms with Crippen LogP contribution in [0.2, 0.25) is 0 Å². The molecule has 0 saturated heterocycles. The summed E-state index contributed by atoms with van der Waals surface area (Å²) in [6.07, 6.45) is 4.11. The first kappa shape index (κ1) is 7.28. The quantitative estimate of drug-likeness (QED) is 0.328. The highest BCUT2D eigenvalue weighted by atomic mass is 35.5. The van der Waals surface area contributed by atoms with E-state index in [0.29, 0.717) is 0 Å². The molecule has 54 valence electrons. The van der Waals surface area contributed by atoms with Crippen LogP contribution >= 0.6 is 11.6 Å². The van der Waals surface area contributed by atoms with Gasteiger partial charge in [0.15, 0.2) is 0 Å². The third kappa shape index (κ3) is 1.19. The number of hydrogen-bond donors (Lipinski definition) is 1. The van der Waals surface area contributed by atoms with Gasteiger partial charge in [-0.15, -0.1) is 11.6 Å². The number of oxime groups is 1. The molecule has 0 aromatic carbocycles. The number of halogens is 2. The minimum absolute atomic E-state index is 0.127. The number of alkyl halides is 1. The molecule has 1 rings (SSSR count). The Bertz CT molecular complexity index is 222. The molecular formula is C6H5ClFNO. The van der Waals surface area contributed by atoms with Crippen molar-refractivity contribution in [3.63, 3.8) is 0 Å². The van der Waals surface area contributed by atoms with E-state index < -0.39 is 11.2 Å². The van der Waals surface area contributed by atoms with Gasteiger partial charge in [-0.3, -0.25) is 0 Å². The van der Waals surface area contributed by atoms with Gasteiger partial charge in [-0.05, 0) is 12.2 Å². The van der Waals surface area contributed by atoms with Crippen molar-refractivity contribution in [1.82, 2.24) is 0 Å². The Hall–Kier alpha value is -0.830. The Morgan fingerprint density at radius 2 is 2.40 bits per heavy atom. The molecule has 1 atom stereocenters. The van der Waals surface area contributed by atoms with E-state index in [1.54, 1.807) is 0 Å². The molecule has 2 nitrogen and oxygen atoms in total. The lowest BCUT2D eigenvalue weighted by molar-refractivity contribution is 0.318. The van der Waals surface area contributed by atoms with E-state index in [0.717, 1.165) is 0 Å². The van der Waals surface area contributed by atoms with Gasteiger partial charge in [0.05, 0.1) is 0 Å². The second kappa shape index (κ2) is 2.84. The van der Waals surface area contributed by atoms with Crippen LogP contribution in [0.3, 0.4) is 0 Å². The lowest BCUT2D eigenvalue weighted by Gasteiger charge is -2.07. The molecule has 1 aliphatic carbocycles. The topological polar surface area (TPSA) is 32.6 Å². The smallest absolute Gasteiger partial charge is 0.130 e. The Labute approximate surface area is 62.3 Å². The summed E-state index contributed by atoms with van der Waals surface area (Å²) in [5.41, 5.74) is 0.127. The summed E-state index contributed by atoms with van der Waals surface area (Å²) >= 11 is 5.45. The van der Waals surface area contributed by atoms with Gasteiger partial charge < -0.3 is 5.21 Å². The summed E-state index contributed by atoms with van der Waals surface area (Å²) in [7, 11) is 0. The van der Waals surface area contributed by atoms with E-state index >= 15 is 0 Å². The van der Waals surface area contributed by atoms with Crippen LogP contribution < -0.4 is 0 Å². The SMILES string of the molecule is ON=C1C=CC=C(F)C1Cl. The first-order valence-corrected chi connectivity index (χ1v) is 3.09. The summed E-state index contributed by atoms with van der Waals surface area (Å²) in [5, 5.41) is 10.1. The fraction of sp³-hybridized carbons (Fsp3) is 0.167. The normalized spacial score (nSPS) is 28.8. The fourth-order valence-corrected chi connectivity index (χ4v) is 0.822. The van der Waals surface area contributed by atoms with Gasteiger partial charge in [0.2, 0.25) is 0 Å². The van der Waals surface area contributed by atoms with Gasteiger partial charge >= 0.3 is 0 Å². The van der Waals surface area contributed by atoms with Crippen LogP contribution in [-0.2, 0) is 0 Å². The zero-order chi connectivity index (χ0) is 7.56. The lowest BCUT2D eigenvalue weighted by atomic mass is 10.1. The number of allylic oxidation sites excluding steroid dienone is 4. The van der Waals surface area contributed by atoms with E-state index in [1.807, 2.05) is 0 Å². The fourth-order valence-electron chi connectivity index (χ4n) is 0.633. The molecule has 10 heavy (non-hydrogen) atoms.